The number of aryl methyl sites for hydroxylation is 1. The van der Waals surface area contributed by atoms with Gasteiger partial charge in [-0.25, -0.2) is 0 Å². The number of aromatic nitrogens is 3. The minimum atomic E-state index is 0.238. The third-order valence-corrected chi connectivity index (χ3v) is 3.53. The van der Waals surface area contributed by atoms with Crippen LogP contribution in [0.5, 0.6) is 0 Å². The van der Waals surface area contributed by atoms with E-state index in [1.54, 1.807) is 6.33 Å². The van der Waals surface area contributed by atoms with E-state index < -0.39 is 0 Å². The minimum Gasteiger partial charge on any atom is -0.395 e. The van der Waals surface area contributed by atoms with Gasteiger partial charge < -0.3 is 9.67 Å². The van der Waals surface area contributed by atoms with Crippen LogP contribution in [-0.4, -0.2) is 43.5 Å². The minimum absolute atomic E-state index is 0.238. The van der Waals surface area contributed by atoms with Gasteiger partial charge in [0, 0.05) is 19.1 Å². The van der Waals surface area contributed by atoms with E-state index in [2.05, 4.69) is 22.0 Å². The molecule has 0 saturated carbocycles. The molecule has 0 bridgehead atoms. The SMILES string of the molecule is CC1CCCC(CO)N1Cc1nncn1C. The lowest BCUT2D eigenvalue weighted by atomic mass is 9.97. The molecule has 1 aliphatic heterocycles. The molecule has 1 saturated heterocycles. The first kappa shape index (κ1) is 11.5. The van der Waals surface area contributed by atoms with Crippen molar-refractivity contribution < 1.29 is 5.11 Å². The van der Waals surface area contributed by atoms with Gasteiger partial charge in [-0.3, -0.25) is 4.90 Å². The van der Waals surface area contributed by atoms with Gasteiger partial charge in [0.1, 0.15) is 12.2 Å². The maximum absolute atomic E-state index is 9.39. The van der Waals surface area contributed by atoms with Crippen LogP contribution in [0.2, 0.25) is 0 Å². The summed E-state index contributed by atoms with van der Waals surface area (Å²) in [4.78, 5) is 2.34. The van der Waals surface area contributed by atoms with Crippen LogP contribution in [0, 0.1) is 0 Å². The van der Waals surface area contributed by atoms with Gasteiger partial charge in [-0.05, 0) is 19.8 Å². The lowest BCUT2D eigenvalue weighted by Gasteiger charge is -2.39. The fourth-order valence-electron chi connectivity index (χ4n) is 2.44. The van der Waals surface area contributed by atoms with Gasteiger partial charge in [0.25, 0.3) is 0 Å². The fourth-order valence-corrected chi connectivity index (χ4v) is 2.44. The number of aliphatic hydroxyl groups is 1. The van der Waals surface area contributed by atoms with Crippen molar-refractivity contribution in [2.45, 2.75) is 44.8 Å². The fraction of sp³-hybridized carbons (Fsp3) is 0.818. The van der Waals surface area contributed by atoms with E-state index in [9.17, 15) is 5.11 Å². The quantitative estimate of drug-likeness (QED) is 0.814. The van der Waals surface area contributed by atoms with Crippen LogP contribution in [-0.2, 0) is 13.6 Å². The molecular formula is C11H20N4O. The third kappa shape index (κ3) is 2.25. The lowest BCUT2D eigenvalue weighted by molar-refractivity contribution is 0.0423. The number of likely N-dealkylation sites (tertiary alicyclic amines) is 1. The summed E-state index contributed by atoms with van der Waals surface area (Å²) in [6.45, 7) is 3.24. The second-order valence-corrected chi connectivity index (χ2v) is 4.65. The highest BCUT2D eigenvalue weighted by Gasteiger charge is 2.28. The van der Waals surface area contributed by atoms with Crippen LogP contribution in [0.25, 0.3) is 0 Å². The van der Waals surface area contributed by atoms with Crippen molar-refractivity contribution in [3.05, 3.63) is 12.2 Å². The molecule has 1 N–H and O–H groups in total. The standard InChI is InChI=1S/C11H20N4O/c1-9-4-3-5-10(7-16)15(9)6-11-13-12-8-14(11)2/h8-10,16H,3-7H2,1-2H3. The third-order valence-electron chi connectivity index (χ3n) is 3.53. The van der Waals surface area contributed by atoms with Crippen LogP contribution in [0.15, 0.2) is 6.33 Å². The maximum atomic E-state index is 9.39. The van der Waals surface area contributed by atoms with E-state index in [0.29, 0.717) is 6.04 Å². The summed E-state index contributed by atoms with van der Waals surface area (Å²) in [6, 6.07) is 0.794. The van der Waals surface area contributed by atoms with Crippen molar-refractivity contribution in [2.24, 2.45) is 7.05 Å². The summed E-state index contributed by atoms with van der Waals surface area (Å²) in [5, 5.41) is 17.4. The molecule has 0 spiro atoms. The Morgan fingerprint density at radius 2 is 2.31 bits per heavy atom. The Morgan fingerprint density at radius 1 is 1.50 bits per heavy atom. The number of rotatable bonds is 3. The van der Waals surface area contributed by atoms with Gasteiger partial charge in [0.05, 0.1) is 13.2 Å². The zero-order valence-electron chi connectivity index (χ0n) is 10.0. The van der Waals surface area contributed by atoms with E-state index in [1.807, 2.05) is 11.6 Å². The maximum Gasteiger partial charge on any atom is 0.146 e. The van der Waals surface area contributed by atoms with Gasteiger partial charge in [0.2, 0.25) is 0 Å². The second-order valence-electron chi connectivity index (χ2n) is 4.65. The summed E-state index contributed by atoms with van der Waals surface area (Å²) < 4.78 is 1.94. The Labute approximate surface area is 96.1 Å². The van der Waals surface area contributed by atoms with Crippen LogP contribution >= 0.6 is 0 Å². The molecule has 5 heteroatoms. The Morgan fingerprint density at radius 3 is 2.94 bits per heavy atom. The molecule has 1 aliphatic rings. The number of nitrogens with zero attached hydrogens (tertiary/aromatic N) is 4. The zero-order valence-corrected chi connectivity index (χ0v) is 10.0. The van der Waals surface area contributed by atoms with Crippen LogP contribution in [0.1, 0.15) is 32.0 Å². The molecule has 90 valence electrons. The van der Waals surface area contributed by atoms with Crippen molar-refractivity contribution in [3.8, 4) is 0 Å². The van der Waals surface area contributed by atoms with Gasteiger partial charge >= 0.3 is 0 Å². The normalized spacial score (nSPS) is 27.2. The highest BCUT2D eigenvalue weighted by molar-refractivity contribution is 4.90. The number of aliphatic hydroxyl groups excluding tert-OH is 1. The van der Waals surface area contributed by atoms with Crippen molar-refractivity contribution in [1.82, 2.24) is 19.7 Å². The molecule has 0 amide bonds. The van der Waals surface area contributed by atoms with E-state index >= 15 is 0 Å². The highest BCUT2D eigenvalue weighted by atomic mass is 16.3. The molecule has 2 atom stereocenters. The first-order valence-corrected chi connectivity index (χ1v) is 5.92. The lowest BCUT2D eigenvalue weighted by Crippen LogP contribution is -2.46. The second kappa shape index (κ2) is 4.93. The predicted octanol–water partition coefficient (Wildman–Crippen LogP) is 0.550. The Balaban J connectivity index is 2.08. The Bertz CT molecular complexity index is 338. The number of hydrogen-bond acceptors (Lipinski definition) is 4. The first-order chi connectivity index (χ1) is 7.72. The molecule has 0 radical (unpaired) electrons. The molecular weight excluding hydrogens is 204 g/mol. The van der Waals surface area contributed by atoms with E-state index in [0.717, 1.165) is 18.8 Å². The van der Waals surface area contributed by atoms with E-state index in [4.69, 9.17) is 0 Å². The average molecular weight is 224 g/mol. The van der Waals surface area contributed by atoms with Crippen molar-refractivity contribution >= 4 is 0 Å². The van der Waals surface area contributed by atoms with Gasteiger partial charge in [-0.15, -0.1) is 10.2 Å². The molecule has 2 heterocycles. The monoisotopic (exact) mass is 224 g/mol. The summed E-state index contributed by atoms with van der Waals surface area (Å²) in [6.07, 6.45) is 5.21. The molecule has 5 nitrogen and oxygen atoms in total. The molecule has 0 aliphatic carbocycles. The zero-order chi connectivity index (χ0) is 11.5. The first-order valence-electron chi connectivity index (χ1n) is 5.92. The summed E-state index contributed by atoms with van der Waals surface area (Å²) >= 11 is 0. The van der Waals surface area contributed by atoms with Crippen molar-refractivity contribution in [1.29, 1.82) is 0 Å². The molecule has 1 aromatic rings. The molecule has 0 aromatic carbocycles. The molecule has 1 fully saturated rings. The number of hydrogen-bond donors (Lipinski definition) is 1. The summed E-state index contributed by atoms with van der Waals surface area (Å²) in [5.74, 6) is 0.965. The smallest absolute Gasteiger partial charge is 0.146 e. The topological polar surface area (TPSA) is 54.2 Å². The van der Waals surface area contributed by atoms with Gasteiger partial charge in [-0.2, -0.15) is 0 Å². The van der Waals surface area contributed by atoms with Gasteiger partial charge in [0.15, 0.2) is 0 Å². The Hall–Kier alpha value is -0.940. The van der Waals surface area contributed by atoms with Crippen LogP contribution < -0.4 is 0 Å². The molecule has 1 aromatic heterocycles. The molecule has 2 rings (SSSR count). The van der Waals surface area contributed by atoms with Crippen molar-refractivity contribution in [2.75, 3.05) is 6.61 Å². The van der Waals surface area contributed by atoms with Gasteiger partial charge in [-0.1, -0.05) is 6.42 Å². The van der Waals surface area contributed by atoms with Crippen LogP contribution in [0.3, 0.4) is 0 Å². The molecule has 16 heavy (non-hydrogen) atoms. The van der Waals surface area contributed by atoms with Crippen LogP contribution in [0.4, 0.5) is 0 Å². The highest BCUT2D eigenvalue weighted by Crippen LogP contribution is 2.23. The largest absolute Gasteiger partial charge is 0.395 e. The predicted molar refractivity (Wildman–Crippen MR) is 60.7 cm³/mol. The summed E-state index contributed by atoms with van der Waals surface area (Å²) in [7, 11) is 1.96. The summed E-state index contributed by atoms with van der Waals surface area (Å²) in [5.41, 5.74) is 0. The average Bonchev–Trinajstić information content (AvgIpc) is 2.67. The van der Waals surface area contributed by atoms with E-state index in [1.165, 1.54) is 12.8 Å². The number of piperidine rings is 1. The van der Waals surface area contributed by atoms with Crippen molar-refractivity contribution in [3.63, 3.8) is 0 Å². The van der Waals surface area contributed by atoms with E-state index in [-0.39, 0.29) is 12.6 Å². The Kier molecular flexibility index (Phi) is 3.56. The molecule has 2 unspecified atom stereocenters.